The number of fused-ring (bicyclic) bond motifs is 1. The Kier molecular flexibility index (Phi) is 5.61. The molecule has 0 saturated carbocycles. The zero-order chi connectivity index (χ0) is 18.0. The van der Waals surface area contributed by atoms with E-state index in [-0.39, 0.29) is 12.1 Å². The van der Waals surface area contributed by atoms with Crippen LogP contribution >= 0.6 is 0 Å². The number of nitrogens with zero attached hydrogens (tertiary/aromatic N) is 3. The molecular formula is C19H29N3O2S. The van der Waals surface area contributed by atoms with Gasteiger partial charge in [-0.3, -0.25) is 14.8 Å². The number of aryl methyl sites for hydroxylation is 1. The van der Waals surface area contributed by atoms with E-state index in [1.807, 2.05) is 19.1 Å². The molecule has 1 aromatic rings. The second kappa shape index (κ2) is 7.56. The second-order valence-electron chi connectivity index (χ2n) is 7.54. The largest absolute Gasteiger partial charge is 0.296 e. The second-order valence-corrected chi connectivity index (χ2v) is 9.70. The van der Waals surface area contributed by atoms with Gasteiger partial charge in [-0.15, -0.1) is 0 Å². The molecule has 2 saturated heterocycles. The molecule has 0 amide bonds. The van der Waals surface area contributed by atoms with Crippen LogP contribution in [0.3, 0.4) is 0 Å². The first kappa shape index (κ1) is 18.5. The molecule has 0 unspecified atom stereocenters. The predicted octanol–water partition coefficient (Wildman–Crippen LogP) is 1.68. The fraction of sp³-hybridized carbons (Fsp3) is 0.632. The van der Waals surface area contributed by atoms with Gasteiger partial charge in [-0.1, -0.05) is 17.7 Å². The van der Waals surface area contributed by atoms with Crippen molar-refractivity contribution < 1.29 is 8.42 Å². The summed E-state index contributed by atoms with van der Waals surface area (Å²) in [6.07, 6.45) is 3.08. The zero-order valence-electron chi connectivity index (χ0n) is 15.5. The van der Waals surface area contributed by atoms with Gasteiger partial charge in [-0.25, -0.2) is 8.42 Å². The monoisotopic (exact) mass is 363 g/mol. The maximum atomic E-state index is 12.3. The van der Waals surface area contributed by atoms with Gasteiger partial charge in [0.15, 0.2) is 9.84 Å². The summed E-state index contributed by atoms with van der Waals surface area (Å²) < 4.78 is 24.5. The molecule has 2 aliphatic heterocycles. The lowest BCUT2D eigenvalue weighted by atomic mass is 10.0. The molecule has 3 rings (SSSR count). The van der Waals surface area contributed by atoms with Gasteiger partial charge >= 0.3 is 0 Å². The summed E-state index contributed by atoms with van der Waals surface area (Å²) in [6, 6.07) is 6.35. The van der Waals surface area contributed by atoms with Gasteiger partial charge < -0.3 is 0 Å². The summed E-state index contributed by atoms with van der Waals surface area (Å²) in [5.74, 6) is 0.595. The van der Waals surface area contributed by atoms with E-state index in [4.69, 9.17) is 0 Å². The molecular weight excluding hydrogens is 334 g/mol. The van der Waals surface area contributed by atoms with Crippen LogP contribution in [0.1, 0.15) is 25.2 Å². The standard InChI is InChI=1S/C19H29N3O2S/c1-15(2)7-9-21-11-12-22(19-14-25(23,24)13-18(19)21)10-8-17-6-4-5-16(3)20-17/h4-7,18-19H,8-14H2,1-3H3/t18-,19+/m0/s1. The van der Waals surface area contributed by atoms with Gasteiger partial charge in [0.25, 0.3) is 0 Å². The van der Waals surface area contributed by atoms with Gasteiger partial charge in [0.1, 0.15) is 0 Å². The zero-order valence-corrected chi connectivity index (χ0v) is 16.3. The van der Waals surface area contributed by atoms with E-state index >= 15 is 0 Å². The first-order valence-corrected chi connectivity index (χ1v) is 10.9. The Balaban J connectivity index is 1.69. The number of hydrogen-bond donors (Lipinski definition) is 0. The highest BCUT2D eigenvalue weighted by Gasteiger charge is 2.45. The number of hydrogen-bond acceptors (Lipinski definition) is 5. The highest BCUT2D eigenvalue weighted by atomic mass is 32.2. The smallest absolute Gasteiger partial charge is 0.153 e. The molecule has 0 spiro atoms. The number of aromatic nitrogens is 1. The van der Waals surface area contributed by atoms with E-state index in [1.165, 1.54) is 5.57 Å². The lowest BCUT2D eigenvalue weighted by Crippen LogP contribution is -2.59. The van der Waals surface area contributed by atoms with Crippen molar-refractivity contribution in [2.75, 3.05) is 37.7 Å². The first-order chi connectivity index (χ1) is 11.8. The van der Waals surface area contributed by atoms with Crippen LogP contribution < -0.4 is 0 Å². The molecule has 0 bridgehead atoms. The summed E-state index contributed by atoms with van der Waals surface area (Å²) in [7, 11) is -2.94. The lowest BCUT2D eigenvalue weighted by Gasteiger charge is -2.43. The van der Waals surface area contributed by atoms with Gasteiger partial charge in [-0.2, -0.15) is 0 Å². The molecule has 0 aliphatic carbocycles. The Morgan fingerprint density at radius 2 is 1.88 bits per heavy atom. The minimum Gasteiger partial charge on any atom is -0.296 e. The summed E-state index contributed by atoms with van der Waals surface area (Å²) in [5, 5.41) is 0. The molecule has 2 aliphatic rings. The Labute approximate surface area is 151 Å². The highest BCUT2D eigenvalue weighted by molar-refractivity contribution is 7.91. The lowest BCUT2D eigenvalue weighted by molar-refractivity contribution is 0.0537. The van der Waals surface area contributed by atoms with Crippen LogP contribution in [0, 0.1) is 6.92 Å². The fourth-order valence-corrected chi connectivity index (χ4v) is 5.94. The van der Waals surface area contributed by atoms with Crippen LogP contribution in [-0.2, 0) is 16.3 Å². The van der Waals surface area contributed by atoms with E-state index in [9.17, 15) is 8.42 Å². The Hall–Kier alpha value is -1.24. The van der Waals surface area contributed by atoms with Crippen molar-refractivity contribution >= 4 is 9.84 Å². The van der Waals surface area contributed by atoms with Gasteiger partial charge in [0.2, 0.25) is 0 Å². The Bertz CT molecular complexity index is 741. The molecule has 3 heterocycles. The summed E-state index contributed by atoms with van der Waals surface area (Å²) >= 11 is 0. The summed E-state index contributed by atoms with van der Waals surface area (Å²) in [5.41, 5.74) is 3.40. The topological polar surface area (TPSA) is 53.5 Å². The third-order valence-corrected chi connectivity index (χ3v) is 6.94. The average Bonchev–Trinajstić information content (AvgIpc) is 2.86. The maximum absolute atomic E-state index is 12.3. The van der Waals surface area contributed by atoms with Crippen molar-refractivity contribution in [3.8, 4) is 0 Å². The van der Waals surface area contributed by atoms with Crippen LogP contribution in [0.4, 0.5) is 0 Å². The number of allylic oxidation sites excluding steroid dienone is 1. The van der Waals surface area contributed by atoms with Gasteiger partial charge in [-0.05, 0) is 32.9 Å². The number of piperazine rings is 1. The van der Waals surface area contributed by atoms with E-state index in [0.717, 1.165) is 44.0 Å². The molecule has 25 heavy (non-hydrogen) atoms. The van der Waals surface area contributed by atoms with Crippen molar-refractivity contribution in [2.45, 2.75) is 39.3 Å². The van der Waals surface area contributed by atoms with Gasteiger partial charge in [0, 0.05) is 56.1 Å². The van der Waals surface area contributed by atoms with E-state index < -0.39 is 9.84 Å². The number of rotatable bonds is 5. The summed E-state index contributed by atoms with van der Waals surface area (Å²) in [6.45, 7) is 9.78. The van der Waals surface area contributed by atoms with E-state index in [0.29, 0.717) is 11.5 Å². The highest BCUT2D eigenvalue weighted by Crippen LogP contribution is 2.27. The minimum absolute atomic E-state index is 0.120. The Morgan fingerprint density at radius 3 is 2.56 bits per heavy atom. The van der Waals surface area contributed by atoms with Crippen molar-refractivity contribution in [2.24, 2.45) is 0 Å². The minimum atomic E-state index is -2.94. The molecule has 5 nitrogen and oxygen atoms in total. The molecule has 2 atom stereocenters. The van der Waals surface area contributed by atoms with Crippen LogP contribution in [0.2, 0.25) is 0 Å². The molecule has 138 valence electrons. The average molecular weight is 364 g/mol. The van der Waals surface area contributed by atoms with Crippen LogP contribution in [0.5, 0.6) is 0 Å². The Morgan fingerprint density at radius 1 is 1.20 bits per heavy atom. The van der Waals surface area contributed by atoms with Crippen molar-refractivity contribution in [3.63, 3.8) is 0 Å². The molecule has 0 N–H and O–H groups in total. The normalized spacial score (nSPS) is 26.4. The molecule has 0 aromatic carbocycles. The van der Waals surface area contributed by atoms with Crippen molar-refractivity contribution in [1.82, 2.24) is 14.8 Å². The molecule has 1 aromatic heterocycles. The van der Waals surface area contributed by atoms with Crippen LogP contribution in [0.15, 0.2) is 29.8 Å². The fourth-order valence-electron chi connectivity index (χ4n) is 3.90. The number of sulfone groups is 1. The van der Waals surface area contributed by atoms with Crippen LogP contribution in [0.25, 0.3) is 0 Å². The predicted molar refractivity (Wildman–Crippen MR) is 101 cm³/mol. The van der Waals surface area contributed by atoms with Gasteiger partial charge in [0.05, 0.1) is 11.5 Å². The summed E-state index contributed by atoms with van der Waals surface area (Å²) in [4.78, 5) is 9.30. The van der Waals surface area contributed by atoms with E-state index in [1.54, 1.807) is 0 Å². The third kappa shape index (κ3) is 4.68. The van der Waals surface area contributed by atoms with Crippen molar-refractivity contribution in [3.05, 3.63) is 41.2 Å². The quantitative estimate of drug-likeness (QED) is 0.745. The third-order valence-electron chi connectivity index (χ3n) is 5.24. The molecule has 0 radical (unpaired) electrons. The van der Waals surface area contributed by atoms with Crippen LogP contribution in [-0.4, -0.2) is 73.0 Å². The first-order valence-electron chi connectivity index (χ1n) is 9.08. The molecule has 6 heteroatoms. The number of pyridine rings is 1. The van der Waals surface area contributed by atoms with E-state index in [2.05, 4.69) is 40.8 Å². The van der Waals surface area contributed by atoms with Crippen molar-refractivity contribution in [1.29, 1.82) is 0 Å². The molecule has 2 fully saturated rings. The SMILES string of the molecule is CC(C)=CCN1CCN(CCc2cccc(C)n2)[C@@H]2CS(=O)(=O)C[C@@H]21. The maximum Gasteiger partial charge on any atom is 0.153 e.